The minimum Gasteiger partial charge on any atom is -0.508 e. The third kappa shape index (κ3) is 12.5. The molecule has 3 aliphatic rings. The molecule has 0 aliphatic carbocycles. The molecule has 3 saturated heterocycles. The van der Waals surface area contributed by atoms with Crippen LogP contribution in [-0.4, -0.2) is 165 Å². The Morgan fingerprint density at radius 1 is 0.763 bits per heavy atom. The number of hydrogen-bond donors (Lipinski definition) is 10. The quantitative estimate of drug-likeness (QED) is 0.0461. The lowest BCUT2D eigenvalue weighted by Crippen LogP contribution is -2.58. The van der Waals surface area contributed by atoms with Crippen LogP contribution in [0.25, 0.3) is 0 Å². The monoisotopic (exact) mass is 847 g/mol. The van der Waals surface area contributed by atoms with Crippen LogP contribution in [0.2, 0.25) is 0 Å². The van der Waals surface area contributed by atoms with Crippen molar-refractivity contribution in [1.82, 2.24) is 36.0 Å². The Kier molecular flexibility index (Phi) is 17.7. The molecule has 21 heteroatoms. The number of carbonyl (C=O) groups excluding carboxylic acids is 7. The van der Waals surface area contributed by atoms with Crippen molar-refractivity contribution in [2.45, 2.75) is 107 Å². The van der Waals surface area contributed by atoms with Crippen LogP contribution in [0.3, 0.4) is 0 Å². The highest BCUT2D eigenvalue weighted by molar-refractivity contribution is 7.80. The molecule has 0 spiro atoms. The lowest BCUT2D eigenvalue weighted by Gasteiger charge is -2.32. The number of carboxylic acids is 1. The van der Waals surface area contributed by atoms with Gasteiger partial charge in [-0.25, -0.2) is 4.79 Å². The maximum absolute atomic E-state index is 14.0. The summed E-state index contributed by atoms with van der Waals surface area (Å²) in [4.78, 5) is 110. The highest BCUT2D eigenvalue weighted by Gasteiger charge is 2.44. The number of aliphatic hydroxyl groups excluding tert-OH is 1. The molecule has 0 aromatic heterocycles. The second-order valence-electron chi connectivity index (χ2n) is 15.0. The van der Waals surface area contributed by atoms with E-state index in [1.807, 2.05) is 0 Å². The maximum atomic E-state index is 14.0. The van der Waals surface area contributed by atoms with Gasteiger partial charge < -0.3 is 62.8 Å². The summed E-state index contributed by atoms with van der Waals surface area (Å²) in [5.41, 5.74) is 11.8. The normalized spacial score (nSPS) is 20.9. The number of rotatable bonds is 20. The highest BCUT2D eigenvalue weighted by Crippen LogP contribution is 2.26. The molecule has 59 heavy (non-hydrogen) atoms. The number of nitrogens with zero attached hydrogens (tertiary/aromatic N) is 3. The molecule has 0 bridgehead atoms. The second-order valence-corrected chi connectivity index (χ2v) is 15.4. The van der Waals surface area contributed by atoms with Gasteiger partial charge in [0.15, 0.2) is 0 Å². The van der Waals surface area contributed by atoms with E-state index in [0.717, 1.165) is 0 Å². The van der Waals surface area contributed by atoms with Gasteiger partial charge in [-0.1, -0.05) is 12.1 Å². The van der Waals surface area contributed by atoms with Gasteiger partial charge in [0.25, 0.3) is 0 Å². The molecular weight excluding hydrogens is 791 g/mol. The van der Waals surface area contributed by atoms with E-state index in [-0.39, 0.29) is 44.0 Å². The molecule has 1 aromatic rings. The number of benzene rings is 1. The first kappa shape index (κ1) is 46.7. The fraction of sp³-hybridized carbons (Fsp3) is 0.632. The molecule has 4 rings (SSSR count). The lowest BCUT2D eigenvalue weighted by molar-refractivity contribution is -0.150. The lowest BCUT2D eigenvalue weighted by atomic mass is 10.0. The topological polar surface area (TPSA) is 307 Å². The summed E-state index contributed by atoms with van der Waals surface area (Å²) in [6.07, 6.45) is 3.50. The van der Waals surface area contributed by atoms with E-state index in [4.69, 9.17) is 11.5 Å². The Morgan fingerprint density at radius 3 is 2.00 bits per heavy atom. The van der Waals surface area contributed by atoms with Gasteiger partial charge in [0.05, 0.1) is 13.2 Å². The van der Waals surface area contributed by atoms with Gasteiger partial charge in [0, 0.05) is 31.8 Å². The van der Waals surface area contributed by atoms with Crippen molar-refractivity contribution in [3.63, 3.8) is 0 Å². The SMILES string of the molecule is NCCCC[C@H](NC(=O)[C@@H](N)CO)C(=O)N[C@@H](Cc1ccc(O)cc1)C(=O)NCC(=O)N1CCC[C@H]1C(=O)N1CCC[C@H]1C(=O)N[C@@H](CS)C(=O)N1CCC[C@H]1C(=O)O. The van der Waals surface area contributed by atoms with E-state index in [1.54, 1.807) is 12.1 Å². The number of carbonyl (C=O) groups is 8. The third-order valence-corrected chi connectivity index (χ3v) is 11.2. The van der Waals surface area contributed by atoms with Crippen LogP contribution in [0, 0.1) is 0 Å². The number of nitrogens with two attached hydrogens (primary N) is 2. The van der Waals surface area contributed by atoms with Gasteiger partial charge in [-0.3, -0.25) is 33.6 Å². The van der Waals surface area contributed by atoms with Gasteiger partial charge in [0.2, 0.25) is 41.4 Å². The molecule has 326 valence electrons. The standard InChI is InChI=1S/C38H57N9O11S/c39-14-2-1-6-25(42-32(51)24(40)20-48)34(53)43-26(18-22-10-12-23(49)13-11-22)33(52)41-19-31(50)45-15-4-8-29(45)37(56)46-16-3-7-28(46)35(54)44-27(21-59)36(55)47-17-5-9-30(47)38(57)58/h10-13,24-30,48-49,59H,1-9,14-21,39-40H2,(H,41,52)(H,42,51)(H,43,53)(H,44,54)(H,57,58)/t24-,25-,26-,27-,28-,29-,30-/m0/s1. The fourth-order valence-electron chi connectivity index (χ4n) is 7.62. The van der Waals surface area contributed by atoms with Crippen LogP contribution in [-0.2, 0) is 44.8 Å². The number of likely N-dealkylation sites (tertiary alicyclic amines) is 3. The molecule has 0 saturated carbocycles. The van der Waals surface area contributed by atoms with Gasteiger partial charge in [0.1, 0.15) is 48.0 Å². The Morgan fingerprint density at radius 2 is 1.37 bits per heavy atom. The van der Waals surface area contributed by atoms with Crippen LogP contribution in [0.1, 0.15) is 63.4 Å². The van der Waals surface area contributed by atoms with E-state index in [2.05, 4.69) is 33.9 Å². The van der Waals surface area contributed by atoms with E-state index < -0.39 is 103 Å². The molecule has 0 radical (unpaired) electrons. The zero-order chi connectivity index (χ0) is 43.2. The molecule has 3 aliphatic heterocycles. The predicted octanol–water partition coefficient (Wildman–Crippen LogP) is -3.06. The van der Waals surface area contributed by atoms with E-state index in [1.165, 1.54) is 26.8 Å². The van der Waals surface area contributed by atoms with Gasteiger partial charge in [-0.05, 0) is 82.0 Å². The van der Waals surface area contributed by atoms with E-state index >= 15 is 0 Å². The predicted molar refractivity (Wildman–Crippen MR) is 214 cm³/mol. The summed E-state index contributed by atoms with van der Waals surface area (Å²) in [7, 11) is 0. The summed E-state index contributed by atoms with van der Waals surface area (Å²) < 4.78 is 0. The zero-order valence-electron chi connectivity index (χ0n) is 32.9. The van der Waals surface area contributed by atoms with Gasteiger partial charge >= 0.3 is 5.97 Å². The second kappa shape index (κ2) is 22.4. The molecule has 7 atom stereocenters. The molecule has 7 amide bonds. The number of amides is 7. The van der Waals surface area contributed by atoms with Crippen molar-refractivity contribution in [2.75, 3.05) is 45.1 Å². The Labute approximate surface area is 347 Å². The number of phenols is 1. The van der Waals surface area contributed by atoms with Crippen molar-refractivity contribution in [1.29, 1.82) is 0 Å². The number of carboxylic acid groups (broad SMARTS) is 1. The van der Waals surface area contributed by atoms with Gasteiger partial charge in [-0.2, -0.15) is 12.6 Å². The first-order valence-electron chi connectivity index (χ1n) is 20.0. The number of aliphatic carboxylic acids is 1. The number of nitrogens with one attached hydrogen (secondary N) is 4. The molecule has 3 fully saturated rings. The molecule has 0 unspecified atom stereocenters. The minimum absolute atomic E-state index is 0.0203. The number of phenolic OH excluding ortho intramolecular Hbond substituents is 1. The summed E-state index contributed by atoms with van der Waals surface area (Å²) >= 11 is 4.23. The first-order chi connectivity index (χ1) is 28.2. The van der Waals surface area contributed by atoms with E-state index in [9.17, 15) is 53.7 Å². The van der Waals surface area contributed by atoms with Crippen LogP contribution >= 0.6 is 12.6 Å². The molecular formula is C38H57N9O11S. The van der Waals surface area contributed by atoms with Crippen molar-refractivity contribution in [3.8, 4) is 5.75 Å². The molecule has 1 aromatic carbocycles. The average Bonchev–Trinajstić information content (AvgIpc) is 4.03. The van der Waals surface area contributed by atoms with Crippen LogP contribution < -0.4 is 32.7 Å². The van der Waals surface area contributed by atoms with Crippen LogP contribution in [0.4, 0.5) is 0 Å². The first-order valence-corrected chi connectivity index (χ1v) is 20.6. The smallest absolute Gasteiger partial charge is 0.326 e. The van der Waals surface area contributed by atoms with Crippen molar-refractivity contribution in [2.24, 2.45) is 11.5 Å². The van der Waals surface area contributed by atoms with Crippen molar-refractivity contribution in [3.05, 3.63) is 29.8 Å². The maximum Gasteiger partial charge on any atom is 0.326 e. The van der Waals surface area contributed by atoms with E-state index in [0.29, 0.717) is 63.5 Å². The van der Waals surface area contributed by atoms with Crippen LogP contribution in [0.15, 0.2) is 24.3 Å². The number of aliphatic hydroxyl groups is 1. The summed E-state index contributed by atoms with van der Waals surface area (Å²) in [6, 6.07) is -1.71. The summed E-state index contributed by atoms with van der Waals surface area (Å²) in [6.45, 7) is -0.170. The fourth-order valence-corrected chi connectivity index (χ4v) is 7.86. The Bertz CT molecular complexity index is 1690. The Hall–Kier alpha value is -4.99. The van der Waals surface area contributed by atoms with Crippen LogP contribution in [0.5, 0.6) is 5.75 Å². The summed E-state index contributed by atoms with van der Waals surface area (Å²) in [5, 5.41) is 39.0. The number of aromatic hydroxyl groups is 1. The zero-order valence-corrected chi connectivity index (χ0v) is 33.8. The molecule has 3 heterocycles. The van der Waals surface area contributed by atoms with Crippen molar-refractivity contribution < 1.29 is 53.7 Å². The third-order valence-electron chi connectivity index (χ3n) is 10.9. The molecule has 11 N–H and O–H groups in total. The number of thiol groups is 1. The van der Waals surface area contributed by atoms with Gasteiger partial charge in [-0.15, -0.1) is 0 Å². The molecule has 20 nitrogen and oxygen atoms in total. The number of unbranched alkanes of at least 4 members (excludes halogenated alkanes) is 1. The Balaban J connectivity index is 1.41. The summed E-state index contributed by atoms with van der Waals surface area (Å²) in [5.74, 6) is -5.65. The largest absolute Gasteiger partial charge is 0.508 e. The minimum atomic E-state index is -1.28. The average molecular weight is 848 g/mol. The van der Waals surface area contributed by atoms with Crippen molar-refractivity contribution >= 4 is 59.9 Å². The highest BCUT2D eigenvalue weighted by atomic mass is 32.1. The number of hydrogen-bond acceptors (Lipinski definition) is 13.